The number of nitrogens with one attached hydrogen (secondary N) is 1. The third-order valence-corrected chi connectivity index (χ3v) is 2.84. The fourth-order valence-electron chi connectivity index (χ4n) is 2.01. The number of hydrogen-bond donors (Lipinski definition) is 3. The molecule has 2 unspecified atom stereocenters. The highest BCUT2D eigenvalue weighted by molar-refractivity contribution is 5.77. The summed E-state index contributed by atoms with van der Waals surface area (Å²) in [5.74, 6) is 0.302. The summed E-state index contributed by atoms with van der Waals surface area (Å²) < 4.78 is 5.02. The van der Waals surface area contributed by atoms with Gasteiger partial charge in [0.1, 0.15) is 6.61 Å². The van der Waals surface area contributed by atoms with Crippen molar-refractivity contribution in [2.75, 3.05) is 26.3 Å². The fraction of sp³-hybridized carbons (Fsp3) is 0.909. The number of ether oxygens (including phenoxy) is 1. The van der Waals surface area contributed by atoms with E-state index >= 15 is 0 Å². The molecule has 1 amide bonds. The second kappa shape index (κ2) is 7.60. The van der Waals surface area contributed by atoms with Crippen LogP contribution in [0.15, 0.2) is 0 Å². The average Bonchev–Trinajstić information content (AvgIpc) is 2.27. The zero-order valence-electron chi connectivity index (χ0n) is 9.65. The number of hydrogen-bond acceptors (Lipinski definition) is 4. The molecule has 1 saturated carbocycles. The molecule has 94 valence electrons. The van der Waals surface area contributed by atoms with Crippen molar-refractivity contribution in [3.63, 3.8) is 0 Å². The Morgan fingerprint density at radius 3 is 3.00 bits per heavy atom. The third kappa shape index (κ3) is 5.44. The van der Waals surface area contributed by atoms with Crippen LogP contribution in [0, 0.1) is 5.92 Å². The number of carbonyl (C=O) groups excluding carboxylic acids is 1. The summed E-state index contributed by atoms with van der Waals surface area (Å²) in [5, 5.41) is 12.3. The van der Waals surface area contributed by atoms with Crippen LogP contribution in [0.25, 0.3) is 0 Å². The summed E-state index contributed by atoms with van der Waals surface area (Å²) >= 11 is 0. The van der Waals surface area contributed by atoms with Gasteiger partial charge in [-0.15, -0.1) is 0 Å². The zero-order valence-corrected chi connectivity index (χ0v) is 9.65. The molecule has 1 fully saturated rings. The fourth-order valence-corrected chi connectivity index (χ4v) is 2.01. The van der Waals surface area contributed by atoms with Crippen molar-refractivity contribution in [3.05, 3.63) is 0 Å². The van der Waals surface area contributed by atoms with Crippen molar-refractivity contribution in [3.8, 4) is 0 Å². The van der Waals surface area contributed by atoms with E-state index in [1.165, 1.54) is 0 Å². The average molecular weight is 230 g/mol. The van der Waals surface area contributed by atoms with E-state index in [1.807, 2.05) is 0 Å². The van der Waals surface area contributed by atoms with Gasteiger partial charge >= 0.3 is 0 Å². The first-order chi connectivity index (χ1) is 7.72. The predicted molar refractivity (Wildman–Crippen MR) is 60.8 cm³/mol. The number of amides is 1. The summed E-state index contributed by atoms with van der Waals surface area (Å²) in [6, 6.07) is 0. The minimum absolute atomic E-state index is 0.0759. The molecule has 5 nitrogen and oxygen atoms in total. The Kier molecular flexibility index (Phi) is 6.37. The first-order valence-corrected chi connectivity index (χ1v) is 5.95. The molecule has 0 aromatic carbocycles. The Hall–Kier alpha value is -0.650. The van der Waals surface area contributed by atoms with E-state index in [0.29, 0.717) is 25.6 Å². The molecule has 0 radical (unpaired) electrons. The van der Waals surface area contributed by atoms with Crippen LogP contribution in [0.4, 0.5) is 0 Å². The van der Waals surface area contributed by atoms with Crippen LogP contribution >= 0.6 is 0 Å². The van der Waals surface area contributed by atoms with Gasteiger partial charge in [-0.05, 0) is 25.2 Å². The van der Waals surface area contributed by atoms with Gasteiger partial charge in [-0.25, -0.2) is 0 Å². The van der Waals surface area contributed by atoms with E-state index in [0.717, 1.165) is 25.7 Å². The summed E-state index contributed by atoms with van der Waals surface area (Å²) in [6.45, 7) is 1.56. The Bertz CT molecular complexity index is 211. The molecule has 1 aliphatic carbocycles. The standard InChI is InChI=1S/C11H22N2O3/c12-4-5-16-8-11(15)13-7-9-2-1-3-10(14)6-9/h9-10,14H,1-8,12H2,(H,13,15). The molecule has 0 aromatic rings. The van der Waals surface area contributed by atoms with E-state index in [-0.39, 0.29) is 18.6 Å². The van der Waals surface area contributed by atoms with Gasteiger partial charge in [0.2, 0.25) is 5.91 Å². The molecule has 1 aliphatic rings. The van der Waals surface area contributed by atoms with Crippen LogP contribution in [0.2, 0.25) is 0 Å². The molecule has 0 heterocycles. The monoisotopic (exact) mass is 230 g/mol. The molecule has 0 aromatic heterocycles. The molecule has 0 aliphatic heterocycles. The highest BCUT2D eigenvalue weighted by Gasteiger charge is 2.20. The minimum Gasteiger partial charge on any atom is -0.393 e. The van der Waals surface area contributed by atoms with E-state index in [2.05, 4.69) is 5.32 Å². The van der Waals surface area contributed by atoms with Crippen molar-refractivity contribution in [1.29, 1.82) is 0 Å². The van der Waals surface area contributed by atoms with Gasteiger partial charge in [-0.1, -0.05) is 6.42 Å². The van der Waals surface area contributed by atoms with Crippen LogP contribution in [0.1, 0.15) is 25.7 Å². The number of aliphatic hydroxyl groups is 1. The van der Waals surface area contributed by atoms with E-state index in [4.69, 9.17) is 10.5 Å². The third-order valence-electron chi connectivity index (χ3n) is 2.84. The van der Waals surface area contributed by atoms with Gasteiger partial charge in [0.05, 0.1) is 12.7 Å². The van der Waals surface area contributed by atoms with Crippen molar-refractivity contribution < 1.29 is 14.6 Å². The lowest BCUT2D eigenvalue weighted by atomic mass is 9.87. The second-order valence-corrected chi connectivity index (χ2v) is 4.33. The molecular weight excluding hydrogens is 208 g/mol. The van der Waals surface area contributed by atoms with Gasteiger partial charge < -0.3 is 20.9 Å². The molecule has 0 saturated heterocycles. The predicted octanol–water partition coefficient (Wildman–Crippen LogP) is -0.371. The van der Waals surface area contributed by atoms with Gasteiger partial charge in [0, 0.05) is 13.1 Å². The second-order valence-electron chi connectivity index (χ2n) is 4.33. The van der Waals surface area contributed by atoms with E-state index < -0.39 is 0 Å². The molecule has 4 N–H and O–H groups in total. The zero-order chi connectivity index (χ0) is 11.8. The molecule has 5 heteroatoms. The summed E-state index contributed by atoms with van der Waals surface area (Å²) in [7, 11) is 0. The molecule has 0 spiro atoms. The number of carbonyl (C=O) groups is 1. The Labute approximate surface area is 96.3 Å². The van der Waals surface area contributed by atoms with E-state index in [9.17, 15) is 9.90 Å². The maximum absolute atomic E-state index is 11.3. The molecule has 2 atom stereocenters. The molecule has 16 heavy (non-hydrogen) atoms. The van der Waals surface area contributed by atoms with Crippen molar-refractivity contribution in [1.82, 2.24) is 5.32 Å². The van der Waals surface area contributed by atoms with Crippen molar-refractivity contribution in [2.45, 2.75) is 31.8 Å². The SMILES string of the molecule is NCCOCC(=O)NCC1CCCC(O)C1. The number of nitrogens with two attached hydrogens (primary N) is 1. The summed E-state index contributed by atoms with van der Waals surface area (Å²) in [6.07, 6.45) is 3.63. The normalized spacial score (nSPS) is 25.4. The van der Waals surface area contributed by atoms with Gasteiger partial charge in [0.25, 0.3) is 0 Å². The quantitative estimate of drug-likeness (QED) is 0.543. The van der Waals surface area contributed by atoms with Crippen molar-refractivity contribution >= 4 is 5.91 Å². The molecule has 0 bridgehead atoms. The van der Waals surface area contributed by atoms with Crippen LogP contribution in [0.3, 0.4) is 0 Å². The minimum atomic E-state index is -0.191. The van der Waals surface area contributed by atoms with Gasteiger partial charge in [0.15, 0.2) is 0 Å². The lowest BCUT2D eigenvalue weighted by Crippen LogP contribution is -2.35. The van der Waals surface area contributed by atoms with Crippen LogP contribution in [-0.4, -0.2) is 43.4 Å². The molecular formula is C11H22N2O3. The first-order valence-electron chi connectivity index (χ1n) is 5.95. The molecule has 1 rings (SSSR count). The highest BCUT2D eigenvalue weighted by atomic mass is 16.5. The summed E-state index contributed by atoms with van der Waals surface area (Å²) in [4.78, 5) is 11.3. The lowest BCUT2D eigenvalue weighted by Gasteiger charge is -2.25. The van der Waals surface area contributed by atoms with Crippen LogP contribution in [0.5, 0.6) is 0 Å². The number of aliphatic hydroxyl groups excluding tert-OH is 1. The topological polar surface area (TPSA) is 84.6 Å². The maximum atomic E-state index is 11.3. The van der Waals surface area contributed by atoms with Gasteiger partial charge in [-0.2, -0.15) is 0 Å². The first kappa shape index (κ1) is 13.4. The maximum Gasteiger partial charge on any atom is 0.246 e. The highest BCUT2D eigenvalue weighted by Crippen LogP contribution is 2.23. The number of rotatable bonds is 6. The largest absolute Gasteiger partial charge is 0.393 e. The van der Waals surface area contributed by atoms with Crippen LogP contribution < -0.4 is 11.1 Å². The Balaban J connectivity index is 2.06. The van der Waals surface area contributed by atoms with Crippen LogP contribution in [-0.2, 0) is 9.53 Å². The smallest absolute Gasteiger partial charge is 0.246 e. The Morgan fingerprint density at radius 1 is 1.50 bits per heavy atom. The summed E-state index contributed by atoms with van der Waals surface area (Å²) in [5.41, 5.74) is 5.24. The van der Waals surface area contributed by atoms with E-state index in [1.54, 1.807) is 0 Å². The Morgan fingerprint density at radius 2 is 2.31 bits per heavy atom. The van der Waals surface area contributed by atoms with Gasteiger partial charge in [-0.3, -0.25) is 4.79 Å². The lowest BCUT2D eigenvalue weighted by molar-refractivity contribution is -0.125. The van der Waals surface area contributed by atoms with Crippen molar-refractivity contribution in [2.24, 2.45) is 11.7 Å².